The molecule has 0 radical (unpaired) electrons. The summed E-state index contributed by atoms with van der Waals surface area (Å²) in [6.07, 6.45) is 0.806. The molecule has 27 heavy (non-hydrogen) atoms. The monoisotopic (exact) mass is 364 g/mol. The van der Waals surface area contributed by atoms with Gasteiger partial charge in [0.1, 0.15) is 5.71 Å². The van der Waals surface area contributed by atoms with Crippen LogP contribution in [0.4, 0.5) is 11.4 Å². The lowest BCUT2D eigenvalue weighted by atomic mass is 10.1. The van der Waals surface area contributed by atoms with Crippen molar-refractivity contribution in [2.75, 3.05) is 17.4 Å². The number of amides is 3. The van der Waals surface area contributed by atoms with Crippen LogP contribution in [0.2, 0.25) is 0 Å². The van der Waals surface area contributed by atoms with E-state index in [1.165, 1.54) is 5.01 Å². The quantitative estimate of drug-likeness (QED) is 0.851. The van der Waals surface area contributed by atoms with E-state index in [-0.39, 0.29) is 30.6 Å². The Morgan fingerprint density at radius 2 is 1.74 bits per heavy atom. The Labute approximate surface area is 157 Å². The molecular weight excluding hydrogens is 344 g/mol. The molecule has 0 fully saturated rings. The Bertz CT molecular complexity index is 876. The van der Waals surface area contributed by atoms with Gasteiger partial charge in [-0.25, -0.2) is 5.01 Å². The van der Waals surface area contributed by atoms with Crippen molar-refractivity contribution < 1.29 is 14.4 Å². The van der Waals surface area contributed by atoms with Crippen LogP contribution in [0.3, 0.4) is 0 Å². The van der Waals surface area contributed by atoms with Gasteiger partial charge >= 0.3 is 0 Å². The number of benzene rings is 2. The molecule has 2 N–H and O–H groups in total. The first-order chi connectivity index (χ1) is 13.1. The molecule has 2 aromatic carbocycles. The number of carbonyl (C=O) groups is 3. The molecule has 0 aromatic heterocycles. The third-order valence-corrected chi connectivity index (χ3v) is 4.15. The van der Waals surface area contributed by atoms with Gasteiger partial charge in [-0.3, -0.25) is 14.4 Å². The van der Waals surface area contributed by atoms with E-state index >= 15 is 0 Å². The summed E-state index contributed by atoms with van der Waals surface area (Å²) in [5, 5.41) is 10.9. The summed E-state index contributed by atoms with van der Waals surface area (Å²) in [7, 11) is 1.59. The molecule has 0 atom stereocenters. The summed E-state index contributed by atoms with van der Waals surface area (Å²) in [6, 6.07) is 16.1. The molecule has 7 heteroatoms. The van der Waals surface area contributed by atoms with Crippen LogP contribution in [-0.4, -0.2) is 30.5 Å². The Kier molecular flexibility index (Phi) is 5.61. The van der Waals surface area contributed by atoms with Crippen molar-refractivity contribution in [1.82, 2.24) is 5.32 Å². The molecule has 3 rings (SSSR count). The zero-order chi connectivity index (χ0) is 19.2. The third-order valence-electron chi connectivity index (χ3n) is 4.15. The van der Waals surface area contributed by atoms with Gasteiger partial charge in [-0.1, -0.05) is 30.3 Å². The fraction of sp³-hybridized carbons (Fsp3) is 0.200. The molecular formula is C20H20N4O3. The lowest BCUT2D eigenvalue weighted by molar-refractivity contribution is -0.120. The van der Waals surface area contributed by atoms with Crippen LogP contribution < -0.4 is 15.6 Å². The second-order valence-corrected chi connectivity index (χ2v) is 6.09. The average Bonchev–Trinajstić information content (AvgIpc) is 2.70. The minimum absolute atomic E-state index is 0.0750. The fourth-order valence-corrected chi connectivity index (χ4v) is 2.67. The van der Waals surface area contributed by atoms with E-state index in [0.717, 1.165) is 5.56 Å². The smallest absolute Gasteiger partial charge is 0.271 e. The zero-order valence-corrected chi connectivity index (χ0v) is 14.9. The van der Waals surface area contributed by atoms with Gasteiger partial charge in [-0.2, -0.15) is 5.10 Å². The highest BCUT2D eigenvalue weighted by Gasteiger charge is 2.25. The number of hydrogen-bond donors (Lipinski definition) is 2. The lowest BCUT2D eigenvalue weighted by Gasteiger charge is -2.23. The number of para-hydroxylation sites is 1. The molecule has 7 nitrogen and oxygen atoms in total. The molecule has 2 aromatic rings. The molecule has 1 heterocycles. The Morgan fingerprint density at radius 3 is 2.41 bits per heavy atom. The maximum absolute atomic E-state index is 12.5. The number of carbonyl (C=O) groups excluding carboxylic acids is 3. The molecule has 0 saturated heterocycles. The van der Waals surface area contributed by atoms with Crippen LogP contribution in [-0.2, 0) is 20.8 Å². The van der Waals surface area contributed by atoms with Crippen LogP contribution in [0.5, 0.6) is 0 Å². The van der Waals surface area contributed by atoms with E-state index in [0.29, 0.717) is 23.5 Å². The molecule has 0 unspecified atom stereocenters. The molecule has 3 amide bonds. The van der Waals surface area contributed by atoms with Crippen molar-refractivity contribution in [3.05, 3.63) is 60.2 Å². The highest BCUT2D eigenvalue weighted by atomic mass is 16.2. The van der Waals surface area contributed by atoms with Crippen molar-refractivity contribution >= 4 is 34.8 Å². The van der Waals surface area contributed by atoms with E-state index in [1.54, 1.807) is 43.4 Å². The maximum atomic E-state index is 12.5. The highest BCUT2D eigenvalue weighted by Crippen LogP contribution is 2.20. The molecule has 138 valence electrons. The molecule has 0 saturated carbocycles. The van der Waals surface area contributed by atoms with Crippen LogP contribution in [0.15, 0.2) is 59.7 Å². The van der Waals surface area contributed by atoms with Crippen molar-refractivity contribution in [3.8, 4) is 0 Å². The number of nitrogens with one attached hydrogen (secondary N) is 2. The highest BCUT2D eigenvalue weighted by molar-refractivity contribution is 6.44. The second-order valence-electron chi connectivity index (χ2n) is 6.09. The summed E-state index contributed by atoms with van der Waals surface area (Å²) in [5.74, 6) is -0.562. The summed E-state index contributed by atoms with van der Waals surface area (Å²) in [5.41, 5.74) is 2.38. The molecule has 1 aliphatic heterocycles. The van der Waals surface area contributed by atoms with Gasteiger partial charge in [0.25, 0.3) is 5.91 Å². The van der Waals surface area contributed by atoms with Gasteiger partial charge in [0.15, 0.2) is 0 Å². The van der Waals surface area contributed by atoms with Crippen LogP contribution in [0.1, 0.15) is 18.4 Å². The van der Waals surface area contributed by atoms with Crippen LogP contribution >= 0.6 is 0 Å². The van der Waals surface area contributed by atoms with Crippen LogP contribution in [0, 0.1) is 0 Å². The summed E-state index contributed by atoms with van der Waals surface area (Å²) in [6.45, 7) is 0. The van der Waals surface area contributed by atoms with E-state index in [1.807, 2.05) is 18.2 Å². The first-order valence-electron chi connectivity index (χ1n) is 8.63. The Hall–Kier alpha value is -3.48. The van der Waals surface area contributed by atoms with Gasteiger partial charge in [0.2, 0.25) is 11.8 Å². The Morgan fingerprint density at radius 1 is 1.04 bits per heavy atom. The predicted octanol–water partition coefficient (Wildman–Crippen LogP) is 2.10. The van der Waals surface area contributed by atoms with E-state index < -0.39 is 0 Å². The van der Waals surface area contributed by atoms with Crippen molar-refractivity contribution in [2.45, 2.75) is 19.3 Å². The zero-order valence-electron chi connectivity index (χ0n) is 14.9. The lowest BCUT2D eigenvalue weighted by Crippen LogP contribution is -2.36. The predicted molar refractivity (Wildman–Crippen MR) is 103 cm³/mol. The van der Waals surface area contributed by atoms with Gasteiger partial charge in [-0.15, -0.1) is 0 Å². The fourth-order valence-electron chi connectivity index (χ4n) is 2.67. The second kappa shape index (κ2) is 8.27. The number of rotatable bonds is 5. The molecule has 0 aliphatic carbocycles. The number of hydrazone groups is 1. The minimum atomic E-state index is -0.345. The molecule has 0 bridgehead atoms. The Balaban J connectivity index is 1.70. The van der Waals surface area contributed by atoms with Crippen molar-refractivity contribution in [3.63, 3.8) is 0 Å². The van der Waals surface area contributed by atoms with Gasteiger partial charge in [-0.05, 0) is 29.8 Å². The van der Waals surface area contributed by atoms with Crippen molar-refractivity contribution in [2.24, 2.45) is 5.10 Å². The van der Waals surface area contributed by atoms with E-state index in [9.17, 15) is 14.4 Å². The average molecular weight is 364 g/mol. The number of nitrogens with zero attached hydrogens (tertiary/aromatic N) is 2. The maximum Gasteiger partial charge on any atom is 0.271 e. The SMILES string of the molecule is CNC(=O)Cc1ccc(NC(=O)C2=NN(c3ccccc3)C(=O)CC2)cc1. The third kappa shape index (κ3) is 4.58. The first-order valence-corrected chi connectivity index (χ1v) is 8.63. The van der Waals surface area contributed by atoms with E-state index in [4.69, 9.17) is 0 Å². The van der Waals surface area contributed by atoms with E-state index in [2.05, 4.69) is 15.7 Å². The molecule has 0 spiro atoms. The largest absolute Gasteiger partial charge is 0.359 e. The van der Waals surface area contributed by atoms with Gasteiger partial charge < -0.3 is 10.6 Å². The number of likely N-dealkylation sites (N-methyl/N-ethyl adjacent to an activating group) is 1. The normalized spacial score (nSPS) is 13.7. The van der Waals surface area contributed by atoms with Gasteiger partial charge in [0.05, 0.1) is 12.1 Å². The summed E-state index contributed by atoms with van der Waals surface area (Å²) in [4.78, 5) is 36.0. The van der Waals surface area contributed by atoms with Gasteiger partial charge in [0, 0.05) is 25.6 Å². The van der Waals surface area contributed by atoms with Crippen molar-refractivity contribution in [1.29, 1.82) is 0 Å². The first kappa shape index (κ1) is 18.3. The standard InChI is InChI=1S/C20H20N4O3/c1-21-18(25)13-14-7-9-15(10-8-14)22-20(27)17-11-12-19(26)24(23-17)16-5-3-2-4-6-16/h2-10H,11-13H2,1H3,(H,21,25)(H,22,27). The molecule has 1 aliphatic rings. The topological polar surface area (TPSA) is 90.9 Å². The number of anilines is 2. The summed E-state index contributed by atoms with van der Waals surface area (Å²) >= 11 is 0. The minimum Gasteiger partial charge on any atom is -0.359 e. The number of hydrogen-bond acceptors (Lipinski definition) is 4. The summed E-state index contributed by atoms with van der Waals surface area (Å²) < 4.78 is 0. The van der Waals surface area contributed by atoms with Crippen LogP contribution in [0.25, 0.3) is 0 Å².